The number of benzene rings is 1. The zero-order valence-corrected chi connectivity index (χ0v) is 13.1. The first-order valence-electron chi connectivity index (χ1n) is 5.87. The van der Waals surface area contributed by atoms with Gasteiger partial charge < -0.3 is 5.73 Å². The number of halogens is 1. The molecule has 0 aliphatic heterocycles. The van der Waals surface area contributed by atoms with Gasteiger partial charge in [-0.15, -0.1) is 0 Å². The third kappa shape index (κ3) is 3.36. The number of nitrogen functional groups attached to an aromatic ring is 1. The van der Waals surface area contributed by atoms with Crippen molar-refractivity contribution in [2.75, 3.05) is 5.73 Å². The third-order valence-corrected chi connectivity index (χ3v) is 5.32. The molecule has 0 amide bonds. The van der Waals surface area contributed by atoms with Crippen LogP contribution >= 0.6 is 15.9 Å². The van der Waals surface area contributed by atoms with Crippen molar-refractivity contribution in [1.29, 1.82) is 0 Å². The molecular formula is C13H14BrN3O2S. The van der Waals surface area contributed by atoms with Gasteiger partial charge in [0.2, 0.25) is 10.0 Å². The molecular weight excluding hydrogens is 342 g/mol. The van der Waals surface area contributed by atoms with Crippen LogP contribution in [0.5, 0.6) is 0 Å². The molecule has 0 radical (unpaired) electrons. The Kier molecular flexibility index (Phi) is 4.42. The highest BCUT2D eigenvalue weighted by molar-refractivity contribution is 9.10. The number of hydrogen-bond acceptors (Lipinski definition) is 4. The van der Waals surface area contributed by atoms with Crippen LogP contribution in [0.15, 0.2) is 52.1 Å². The third-order valence-electron chi connectivity index (χ3n) is 2.78. The van der Waals surface area contributed by atoms with Crippen LogP contribution in [-0.2, 0) is 10.0 Å². The SMILES string of the molecule is CC(NS(=O)(=O)c1cc(N)ccc1Br)c1ccncc1. The molecule has 0 saturated heterocycles. The van der Waals surface area contributed by atoms with Gasteiger partial charge in [0.05, 0.1) is 4.90 Å². The van der Waals surface area contributed by atoms with Gasteiger partial charge in [0.1, 0.15) is 0 Å². The average Bonchev–Trinajstić information content (AvgIpc) is 2.42. The van der Waals surface area contributed by atoms with E-state index in [0.717, 1.165) is 5.56 Å². The Balaban J connectivity index is 2.30. The normalized spacial score (nSPS) is 13.1. The predicted octanol–water partition coefficient (Wildman–Crippen LogP) is 2.47. The Morgan fingerprint density at radius 1 is 1.25 bits per heavy atom. The van der Waals surface area contributed by atoms with Gasteiger partial charge in [0.25, 0.3) is 0 Å². The fourth-order valence-corrected chi connectivity index (χ4v) is 3.97. The van der Waals surface area contributed by atoms with E-state index >= 15 is 0 Å². The van der Waals surface area contributed by atoms with Gasteiger partial charge in [-0.3, -0.25) is 4.98 Å². The molecule has 2 rings (SSSR count). The first kappa shape index (κ1) is 15.0. The number of nitrogens with zero attached hydrogens (tertiary/aromatic N) is 1. The van der Waals surface area contributed by atoms with Crippen LogP contribution in [0.2, 0.25) is 0 Å². The van der Waals surface area contributed by atoms with Gasteiger partial charge in [0, 0.05) is 28.6 Å². The second-order valence-electron chi connectivity index (χ2n) is 4.31. The highest BCUT2D eigenvalue weighted by Crippen LogP contribution is 2.25. The molecule has 0 fully saturated rings. The molecule has 1 aromatic heterocycles. The molecule has 1 unspecified atom stereocenters. The number of sulfonamides is 1. The van der Waals surface area contributed by atoms with Crippen molar-refractivity contribution in [3.63, 3.8) is 0 Å². The number of nitrogens with two attached hydrogens (primary N) is 1. The van der Waals surface area contributed by atoms with Crippen LogP contribution < -0.4 is 10.5 Å². The topological polar surface area (TPSA) is 85.1 Å². The molecule has 5 nitrogen and oxygen atoms in total. The highest BCUT2D eigenvalue weighted by Gasteiger charge is 2.21. The maximum absolute atomic E-state index is 12.4. The van der Waals surface area contributed by atoms with Crippen molar-refractivity contribution in [3.05, 3.63) is 52.8 Å². The first-order chi connectivity index (χ1) is 9.40. The summed E-state index contributed by atoms with van der Waals surface area (Å²) >= 11 is 3.23. The Morgan fingerprint density at radius 3 is 2.55 bits per heavy atom. The molecule has 1 atom stereocenters. The quantitative estimate of drug-likeness (QED) is 0.825. The molecule has 2 aromatic rings. The number of pyridine rings is 1. The second kappa shape index (κ2) is 5.90. The second-order valence-corrected chi connectivity index (χ2v) is 6.85. The summed E-state index contributed by atoms with van der Waals surface area (Å²) in [5.41, 5.74) is 6.88. The lowest BCUT2D eigenvalue weighted by molar-refractivity contribution is 0.566. The number of rotatable bonds is 4. The Morgan fingerprint density at radius 2 is 1.90 bits per heavy atom. The lowest BCUT2D eigenvalue weighted by Crippen LogP contribution is -2.27. The van der Waals surface area contributed by atoms with E-state index in [-0.39, 0.29) is 10.9 Å². The van der Waals surface area contributed by atoms with E-state index in [9.17, 15) is 8.42 Å². The van der Waals surface area contributed by atoms with Crippen molar-refractivity contribution < 1.29 is 8.42 Å². The maximum Gasteiger partial charge on any atom is 0.242 e. The zero-order valence-electron chi connectivity index (χ0n) is 10.7. The Labute approximate surface area is 126 Å². The van der Waals surface area contributed by atoms with Crippen LogP contribution in [0, 0.1) is 0 Å². The Hall–Kier alpha value is -1.44. The van der Waals surface area contributed by atoms with Crippen LogP contribution in [0.4, 0.5) is 5.69 Å². The van der Waals surface area contributed by atoms with Gasteiger partial charge in [-0.2, -0.15) is 0 Å². The highest BCUT2D eigenvalue weighted by atomic mass is 79.9. The predicted molar refractivity (Wildman–Crippen MR) is 81.5 cm³/mol. The largest absolute Gasteiger partial charge is 0.399 e. The number of hydrogen-bond donors (Lipinski definition) is 2. The number of anilines is 1. The van der Waals surface area contributed by atoms with Gasteiger partial charge in [-0.25, -0.2) is 13.1 Å². The molecule has 0 aliphatic rings. The molecule has 0 bridgehead atoms. The monoisotopic (exact) mass is 355 g/mol. The lowest BCUT2D eigenvalue weighted by Gasteiger charge is -2.15. The van der Waals surface area contributed by atoms with E-state index in [1.54, 1.807) is 43.6 Å². The van der Waals surface area contributed by atoms with E-state index in [1.807, 2.05) is 0 Å². The van der Waals surface area contributed by atoms with Gasteiger partial charge >= 0.3 is 0 Å². The summed E-state index contributed by atoms with van der Waals surface area (Å²) in [5, 5.41) is 0. The first-order valence-corrected chi connectivity index (χ1v) is 8.15. The van der Waals surface area contributed by atoms with Crippen LogP contribution in [0.3, 0.4) is 0 Å². The van der Waals surface area contributed by atoms with Crippen molar-refractivity contribution in [3.8, 4) is 0 Å². The van der Waals surface area contributed by atoms with E-state index in [4.69, 9.17) is 5.73 Å². The smallest absolute Gasteiger partial charge is 0.242 e. The molecule has 7 heteroatoms. The van der Waals surface area contributed by atoms with E-state index in [2.05, 4.69) is 25.6 Å². The van der Waals surface area contributed by atoms with Gasteiger partial charge in [0.15, 0.2) is 0 Å². The van der Waals surface area contributed by atoms with Gasteiger partial charge in [-0.05, 0) is 58.7 Å². The molecule has 20 heavy (non-hydrogen) atoms. The molecule has 0 spiro atoms. The summed E-state index contributed by atoms with van der Waals surface area (Å²) in [7, 11) is -3.66. The zero-order chi connectivity index (χ0) is 14.8. The van der Waals surface area contributed by atoms with Crippen LogP contribution in [-0.4, -0.2) is 13.4 Å². The minimum Gasteiger partial charge on any atom is -0.399 e. The van der Waals surface area contributed by atoms with Crippen LogP contribution in [0.25, 0.3) is 0 Å². The molecule has 3 N–H and O–H groups in total. The standard InChI is InChI=1S/C13H14BrN3O2S/c1-9(10-4-6-16-7-5-10)17-20(18,19)13-8-11(15)2-3-12(13)14/h2-9,17H,15H2,1H3. The van der Waals surface area contributed by atoms with E-state index < -0.39 is 10.0 Å². The summed E-state index contributed by atoms with van der Waals surface area (Å²) in [6, 6.07) is 7.84. The van der Waals surface area contributed by atoms with Crippen molar-refractivity contribution in [1.82, 2.24) is 9.71 Å². The van der Waals surface area contributed by atoms with Crippen molar-refractivity contribution in [2.24, 2.45) is 0 Å². The average molecular weight is 356 g/mol. The van der Waals surface area contributed by atoms with Crippen molar-refractivity contribution >= 4 is 31.6 Å². The lowest BCUT2D eigenvalue weighted by atomic mass is 10.1. The summed E-state index contributed by atoms with van der Waals surface area (Å²) in [4.78, 5) is 4.03. The molecule has 0 saturated carbocycles. The van der Waals surface area contributed by atoms with E-state index in [1.165, 1.54) is 6.07 Å². The summed E-state index contributed by atoms with van der Waals surface area (Å²) < 4.78 is 27.8. The molecule has 1 aromatic carbocycles. The van der Waals surface area contributed by atoms with Crippen LogP contribution in [0.1, 0.15) is 18.5 Å². The maximum atomic E-state index is 12.4. The van der Waals surface area contributed by atoms with Crippen molar-refractivity contribution in [2.45, 2.75) is 17.9 Å². The summed E-state index contributed by atoms with van der Waals surface area (Å²) in [6.07, 6.45) is 3.24. The fraction of sp³-hybridized carbons (Fsp3) is 0.154. The fourth-order valence-electron chi connectivity index (χ4n) is 1.74. The minimum absolute atomic E-state index is 0.124. The molecule has 106 valence electrons. The summed E-state index contributed by atoms with van der Waals surface area (Å²) in [5.74, 6) is 0. The number of nitrogens with one attached hydrogen (secondary N) is 1. The molecule has 0 aliphatic carbocycles. The molecule has 1 heterocycles. The minimum atomic E-state index is -3.66. The number of aromatic nitrogens is 1. The van der Waals surface area contributed by atoms with E-state index in [0.29, 0.717) is 10.2 Å². The Bertz CT molecular complexity index is 705. The van der Waals surface area contributed by atoms with Gasteiger partial charge in [-0.1, -0.05) is 0 Å². The summed E-state index contributed by atoms with van der Waals surface area (Å²) in [6.45, 7) is 1.77.